The number of aromatic nitrogens is 2. The lowest BCUT2D eigenvalue weighted by Crippen LogP contribution is -2.25. The van der Waals surface area contributed by atoms with E-state index in [1.807, 2.05) is 43.3 Å². The summed E-state index contributed by atoms with van der Waals surface area (Å²) in [4.78, 5) is 11.3. The van der Waals surface area contributed by atoms with Crippen LogP contribution in [0.3, 0.4) is 0 Å². The number of aryl methyl sites for hydroxylation is 1. The van der Waals surface area contributed by atoms with Crippen molar-refractivity contribution in [3.63, 3.8) is 0 Å². The van der Waals surface area contributed by atoms with Gasteiger partial charge < -0.3 is 14.8 Å². The van der Waals surface area contributed by atoms with Crippen molar-refractivity contribution in [1.82, 2.24) is 14.9 Å². The summed E-state index contributed by atoms with van der Waals surface area (Å²) in [6.07, 6.45) is 4.57. The van der Waals surface area contributed by atoms with E-state index >= 15 is 0 Å². The average Bonchev–Trinajstić information content (AvgIpc) is 3.18. The first-order chi connectivity index (χ1) is 16.0. The number of phenolic OH excluding ortho intramolecular Hbond substituents is 1. The van der Waals surface area contributed by atoms with Crippen LogP contribution in [0, 0.1) is 6.92 Å². The van der Waals surface area contributed by atoms with E-state index in [1.165, 1.54) is 0 Å². The van der Waals surface area contributed by atoms with Crippen molar-refractivity contribution in [2.24, 2.45) is 0 Å². The molecule has 4 aromatic rings. The van der Waals surface area contributed by atoms with Gasteiger partial charge in [0.2, 0.25) is 0 Å². The summed E-state index contributed by atoms with van der Waals surface area (Å²) in [6.45, 7) is 9.14. The molecule has 0 amide bonds. The molecule has 0 saturated heterocycles. The first-order valence-corrected chi connectivity index (χ1v) is 11.7. The van der Waals surface area contributed by atoms with Gasteiger partial charge in [-0.2, -0.15) is 0 Å². The van der Waals surface area contributed by atoms with Crippen LogP contribution in [0.5, 0.6) is 5.75 Å². The first-order valence-electron chi connectivity index (χ1n) is 11.7. The van der Waals surface area contributed by atoms with Gasteiger partial charge in [-0.05, 0) is 68.8 Å². The molecule has 6 heteroatoms. The maximum atomic E-state index is 10.4. The van der Waals surface area contributed by atoms with Crippen molar-refractivity contribution in [2.75, 3.05) is 18.4 Å². The third-order valence-corrected chi connectivity index (χ3v) is 5.59. The highest BCUT2D eigenvalue weighted by Crippen LogP contribution is 2.26. The van der Waals surface area contributed by atoms with Crippen LogP contribution < -0.4 is 5.32 Å². The van der Waals surface area contributed by atoms with E-state index in [-0.39, 0.29) is 0 Å². The average molecular weight is 445 g/mol. The molecule has 0 radical (unpaired) electrons. The quantitative estimate of drug-likeness (QED) is 0.304. The number of oxazole rings is 1. The summed E-state index contributed by atoms with van der Waals surface area (Å²) in [5.41, 5.74) is 6.49. The molecular weight excluding hydrogens is 412 g/mol. The molecule has 0 aliphatic heterocycles. The fourth-order valence-electron chi connectivity index (χ4n) is 4.11. The number of nitrogens with zero attached hydrogens (tertiary/aromatic N) is 3. The Balaban J connectivity index is 1.50. The van der Waals surface area contributed by atoms with E-state index in [0.29, 0.717) is 18.1 Å². The lowest BCUT2D eigenvalue weighted by Gasteiger charge is -2.21. The lowest BCUT2D eigenvalue weighted by atomic mass is 10.1. The van der Waals surface area contributed by atoms with Gasteiger partial charge >= 0.3 is 0 Å². The maximum absolute atomic E-state index is 10.4. The summed E-state index contributed by atoms with van der Waals surface area (Å²) < 4.78 is 6.07. The molecule has 0 spiro atoms. The SMILES string of the molecule is CCCN(CCC)Cc1cc(Cc2nc3ccc(Nc4ccnc(C)c4)cc3o2)ccc1O. The predicted octanol–water partition coefficient (Wildman–Crippen LogP) is 6.19. The lowest BCUT2D eigenvalue weighted by molar-refractivity contribution is 0.262. The van der Waals surface area contributed by atoms with Gasteiger partial charge in [-0.15, -0.1) is 0 Å². The topological polar surface area (TPSA) is 74.4 Å². The molecule has 2 heterocycles. The zero-order valence-electron chi connectivity index (χ0n) is 19.6. The molecule has 172 valence electrons. The number of nitrogens with one attached hydrogen (secondary N) is 1. The number of aromatic hydroxyl groups is 1. The van der Waals surface area contributed by atoms with Crippen LogP contribution in [0.1, 0.15) is 49.4 Å². The Morgan fingerprint density at radius 2 is 1.76 bits per heavy atom. The molecule has 33 heavy (non-hydrogen) atoms. The minimum atomic E-state index is 0.343. The largest absolute Gasteiger partial charge is 0.508 e. The second kappa shape index (κ2) is 10.5. The van der Waals surface area contributed by atoms with E-state index in [4.69, 9.17) is 4.42 Å². The summed E-state index contributed by atoms with van der Waals surface area (Å²) in [6, 6.07) is 15.7. The van der Waals surface area contributed by atoms with Crippen LogP contribution >= 0.6 is 0 Å². The molecular formula is C27H32N4O2. The Kier molecular flexibility index (Phi) is 7.25. The number of anilines is 2. The molecule has 2 N–H and O–H groups in total. The molecule has 0 fully saturated rings. The second-order valence-electron chi connectivity index (χ2n) is 8.52. The van der Waals surface area contributed by atoms with E-state index in [2.05, 4.69) is 40.1 Å². The zero-order valence-corrected chi connectivity index (χ0v) is 19.6. The minimum Gasteiger partial charge on any atom is -0.508 e. The first kappa shape index (κ1) is 22.8. The van der Waals surface area contributed by atoms with Crippen LogP contribution in [-0.2, 0) is 13.0 Å². The Labute approximate surface area is 195 Å². The van der Waals surface area contributed by atoms with Crippen molar-refractivity contribution in [3.05, 3.63) is 77.4 Å². The predicted molar refractivity (Wildman–Crippen MR) is 133 cm³/mol. The molecule has 0 aliphatic carbocycles. The smallest absolute Gasteiger partial charge is 0.199 e. The van der Waals surface area contributed by atoms with Gasteiger partial charge in [0.05, 0.1) is 0 Å². The summed E-state index contributed by atoms with van der Waals surface area (Å²) in [7, 11) is 0. The van der Waals surface area contributed by atoms with Gasteiger partial charge in [0.1, 0.15) is 11.3 Å². The van der Waals surface area contributed by atoms with Crippen LogP contribution in [0.2, 0.25) is 0 Å². The number of rotatable bonds is 10. The summed E-state index contributed by atoms with van der Waals surface area (Å²) >= 11 is 0. The van der Waals surface area contributed by atoms with E-state index in [1.54, 1.807) is 12.3 Å². The zero-order chi connectivity index (χ0) is 23.2. The number of pyridine rings is 1. The number of hydrogen-bond acceptors (Lipinski definition) is 6. The number of phenols is 1. The van der Waals surface area contributed by atoms with Gasteiger partial charge in [0.25, 0.3) is 0 Å². The molecule has 2 aromatic carbocycles. The molecule has 0 atom stereocenters. The molecule has 6 nitrogen and oxygen atoms in total. The van der Waals surface area contributed by atoms with Crippen molar-refractivity contribution < 1.29 is 9.52 Å². The molecule has 0 unspecified atom stereocenters. The van der Waals surface area contributed by atoms with E-state index in [0.717, 1.165) is 71.8 Å². The Hall–Kier alpha value is -3.38. The van der Waals surface area contributed by atoms with Crippen molar-refractivity contribution in [2.45, 2.75) is 46.6 Å². The molecule has 4 rings (SSSR count). The van der Waals surface area contributed by atoms with Gasteiger partial charge in [0, 0.05) is 47.9 Å². The summed E-state index contributed by atoms with van der Waals surface area (Å²) in [5.74, 6) is 1.01. The third-order valence-electron chi connectivity index (χ3n) is 5.59. The highest BCUT2D eigenvalue weighted by molar-refractivity contribution is 5.78. The van der Waals surface area contributed by atoms with Gasteiger partial charge in [-0.25, -0.2) is 4.98 Å². The van der Waals surface area contributed by atoms with E-state index < -0.39 is 0 Å². The van der Waals surface area contributed by atoms with Crippen LogP contribution in [0.4, 0.5) is 11.4 Å². The summed E-state index contributed by atoms with van der Waals surface area (Å²) in [5, 5.41) is 13.8. The van der Waals surface area contributed by atoms with Crippen molar-refractivity contribution in [1.29, 1.82) is 0 Å². The van der Waals surface area contributed by atoms with Gasteiger partial charge in [0.15, 0.2) is 11.5 Å². The minimum absolute atomic E-state index is 0.343. The van der Waals surface area contributed by atoms with Gasteiger partial charge in [-0.3, -0.25) is 9.88 Å². The normalized spacial score (nSPS) is 11.4. The number of benzene rings is 2. The number of hydrogen-bond donors (Lipinski definition) is 2. The Bertz CT molecular complexity index is 1210. The highest BCUT2D eigenvalue weighted by Gasteiger charge is 2.12. The maximum Gasteiger partial charge on any atom is 0.199 e. The third kappa shape index (κ3) is 5.90. The highest BCUT2D eigenvalue weighted by atomic mass is 16.3. The standard InChI is InChI=1S/C27H32N4O2/c1-4-12-31(13-5-2)18-21-15-20(6-9-25(21)32)16-27-30-24-8-7-22(17-26(24)33-27)29-23-10-11-28-19(3)14-23/h6-11,14-15,17,32H,4-5,12-13,16,18H2,1-3H3,(H,28,29). The molecule has 2 aromatic heterocycles. The monoisotopic (exact) mass is 444 g/mol. The van der Waals surface area contributed by atoms with Crippen molar-refractivity contribution >= 4 is 22.5 Å². The molecule has 0 saturated carbocycles. The van der Waals surface area contributed by atoms with Crippen molar-refractivity contribution in [3.8, 4) is 5.75 Å². The van der Waals surface area contributed by atoms with Crippen LogP contribution in [0.15, 0.2) is 59.1 Å². The molecule has 0 aliphatic rings. The van der Waals surface area contributed by atoms with E-state index in [9.17, 15) is 5.11 Å². The molecule has 0 bridgehead atoms. The Morgan fingerprint density at radius 1 is 0.970 bits per heavy atom. The fourth-order valence-corrected chi connectivity index (χ4v) is 4.11. The van der Waals surface area contributed by atoms with Crippen LogP contribution in [0.25, 0.3) is 11.1 Å². The Morgan fingerprint density at radius 3 is 2.52 bits per heavy atom. The van der Waals surface area contributed by atoms with Gasteiger partial charge in [-0.1, -0.05) is 26.0 Å². The van der Waals surface area contributed by atoms with Crippen LogP contribution in [-0.4, -0.2) is 33.1 Å². The number of fused-ring (bicyclic) bond motifs is 1. The fraction of sp³-hybridized carbons (Fsp3) is 0.333. The second-order valence-corrected chi connectivity index (χ2v) is 8.52.